The Kier molecular flexibility index (Phi) is 9.39. The molecule has 0 unspecified atom stereocenters. The van der Waals surface area contributed by atoms with Gasteiger partial charge in [0.25, 0.3) is 5.91 Å². The number of nitrogens with zero attached hydrogens (tertiary/aromatic N) is 1. The van der Waals surface area contributed by atoms with Crippen LogP contribution in [-0.2, 0) is 14.4 Å². The lowest BCUT2D eigenvalue weighted by molar-refractivity contribution is -0.136. The van der Waals surface area contributed by atoms with Crippen LogP contribution < -0.4 is 25.5 Å². The molecule has 0 aromatic heterocycles. The van der Waals surface area contributed by atoms with Crippen LogP contribution >= 0.6 is 15.9 Å². The van der Waals surface area contributed by atoms with E-state index in [4.69, 9.17) is 9.47 Å². The van der Waals surface area contributed by atoms with E-state index in [0.717, 1.165) is 16.7 Å². The molecular formula is C27H27BrN4O5. The van der Waals surface area contributed by atoms with E-state index in [9.17, 15) is 14.4 Å². The van der Waals surface area contributed by atoms with Gasteiger partial charge in [0.15, 0.2) is 18.1 Å². The first-order valence-corrected chi connectivity index (χ1v) is 12.0. The Morgan fingerprint density at radius 3 is 2.27 bits per heavy atom. The monoisotopic (exact) mass is 566 g/mol. The van der Waals surface area contributed by atoms with Crippen LogP contribution in [-0.4, -0.2) is 37.7 Å². The maximum absolute atomic E-state index is 12.3. The molecule has 0 radical (unpaired) electrons. The molecule has 0 aliphatic rings. The second-order valence-corrected chi connectivity index (χ2v) is 9.01. The Labute approximate surface area is 223 Å². The van der Waals surface area contributed by atoms with Gasteiger partial charge in [-0.25, -0.2) is 5.43 Å². The fourth-order valence-corrected chi connectivity index (χ4v) is 3.90. The number of amides is 3. The Morgan fingerprint density at radius 1 is 0.946 bits per heavy atom. The molecule has 37 heavy (non-hydrogen) atoms. The van der Waals surface area contributed by atoms with Gasteiger partial charge in [-0.1, -0.05) is 35.9 Å². The lowest BCUT2D eigenvalue weighted by Crippen LogP contribution is -2.32. The van der Waals surface area contributed by atoms with E-state index in [1.165, 1.54) is 13.3 Å². The molecule has 0 bridgehead atoms. The molecule has 0 fully saturated rings. The number of aryl methyl sites for hydroxylation is 3. The first-order chi connectivity index (χ1) is 17.7. The van der Waals surface area contributed by atoms with Crippen molar-refractivity contribution >= 4 is 51.2 Å². The second-order valence-electron chi connectivity index (χ2n) is 8.16. The predicted octanol–water partition coefficient (Wildman–Crippen LogP) is 4.49. The lowest BCUT2D eigenvalue weighted by Gasteiger charge is -2.13. The van der Waals surface area contributed by atoms with Gasteiger partial charge in [-0.15, -0.1) is 0 Å². The smallest absolute Gasteiger partial charge is 0.329 e. The molecule has 10 heteroatoms. The van der Waals surface area contributed by atoms with Crippen molar-refractivity contribution in [2.45, 2.75) is 20.8 Å². The average molecular weight is 567 g/mol. The largest absolute Gasteiger partial charge is 0.493 e. The number of halogens is 1. The van der Waals surface area contributed by atoms with E-state index in [1.54, 1.807) is 12.1 Å². The van der Waals surface area contributed by atoms with Crippen LogP contribution in [0.3, 0.4) is 0 Å². The summed E-state index contributed by atoms with van der Waals surface area (Å²) in [4.78, 5) is 36.7. The Morgan fingerprint density at radius 2 is 1.62 bits per heavy atom. The first-order valence-electron chi connectivity index (χ1n) is 11.3. The molecule has 0 aliphatic heterocycles. The standard InChI is InChI=1S/C27H27BrN4O5/c1-16-8-10-20(11-9-16)30-23(33)15-37-25-21(28)12-19(13-22(25)36-4)14-29-32-27(35)26(34)31-24-17(2)6-5-7-18(24)3/h5-14H,15H2,1-4H3,(H,30,33)(H,31,34)(H,32,35)/b29-14-. The molecular weight excluding hydrogens is 540 g/mol. The normalized spacial score (nSPS) is 10.6. The highest BCUT2D eigenvalue weighted by atomic mass is 79.9. The molecule has 3 aromatic rings. The van der Waals surface area contributed by atoms with Gasteiger partial charge in [0, 0.05) is 11.4 Å². The van der Waals surface area contributed by atoms with Crippen molar-refractivity contribution in [1.82, 2.24) is 5.43 Å². The number of carbonyl (C=O) groups excluding carboxylic acids is 3. The van der Waals surface area contributed by atoms with Crippen molar-refractivity contribution in [3.63, 3.8) is 0 Å². The van der Waals surface area contributed by atoms with E-state index in [2.05, 4.69) is 37.1 Å². The van der Waals surface area contributed by atoms with Crippen molar-refractivity contribution in [3.8, 4) is 11.5 Å². The molecule has 0 saturated heterocycles. The van der Waals surface area contributed by atoms with Crippen LogP contribution in [0.4, 0.5) is 11.4 Å². The Bertz CT molecular complexity index is 1320. The van der Waals surface area contributed by atoms with Crippen LogP contribution in [0.2, 0.25) is 0 Å². The average Bonchev–Trinajstić information content (AvgIpc) is 2.86. The quantitative estimate of drug-likeness (QED) is 0.211. The van der Waals surface area contributed by atoms with Gasteiger partial charge in [-0.3, -0.25) is 14.4 Å². The summed E-state index contributed by atoms with van der Waals surface area (Å²) in [5, 5.41) is 9.22. The van der Waals surface area contributed by atoms with E-state index in [1.807, 2.05) is 63.2 Å². The minimum Gasteiger partial charge on any atom is -0.493 e. The van der Waals surface area contributed by atoms with Crippen molar-refractivity contribution in [3.05, 3.63) is 81.3 Å². The fraction of sp³-hybridized carbons (Fsp3) is 0.185. The SMILES string of the molecule is COc1cc(/C=N\NC(=O)C(=O)Nc2c(C)cccc2C)cc(Br)c1OCC(=O)Nc1ccc(C)cc1. The van der Waals surface area contributed by atoms with Gasteiger partial charge in [0.1, 0.15) is 0 Å². The predicted molar refractivity (Wildman–Crippen MR) is 146 cm³/mol. The van der Waals surface area contributed by atoms with Crippen LogP contribution in [0, 0.1) is 20.8 Å². The topological polar surface area (TPSA) is 118 Å². The molecule has 192 valence electrons. The summed E-state index contributed by atoms with van der Waals surface area (Å²) in [5.74, 6) is -1.40. The van der Waals surface area contributed by atoms with Crippen molar-refractivity contribution in [2.24, 2.45) is 5.10 Å². The van der Waals surface area contributed by atoms with E-state index < -0.39 is 11.8 Å². The summed E-state index contributed by atoms with van der Waals surface area (Å²) in [7, 11) is 1.46. The molecule has 0 spiro atoms. The molecule has 0 saturated carbocycles. The van der Waals surface area contributed by atoms with Crippen molar-refractivity contribution in [1.29, 1.82) is 0 Å². The number of hydrogen-bond donors (Lipinski definition) is 3. The first kappa shape index (κ1) is 27.4. The number of anilines is 2. The maximum atomic E-state index is 12.3. The molecule has 0 aliphatic carbocycles. The van der Waals surface area contributed by atoms with Gasteiger partial charge in [0.05, 0.1) is 17.8 Å². The van der Waals surface area contributed by atoms with Gasteiger partial charge >= 0.3 is 11.8 Å². The molecule has 3 aromatic carbocycles. The molecule has 9 nitrogen and oxygen atoms in total. The number of hydrogen-bond acceptors (Lipinski definition) is 6. The molecule has 3 amide bonds. The minimum atomic E-state index is -0.913. The Hall–Kier alpha value is -4.18. The van der Waals surface area contributed by atoms with Crippen molar-refractivity contribution in [2.75, 3.05) is 24.4 Å². The van der Waals surface area contributed by atoms with Gasteiger partial charge < -0.3 is 20.1 Å². The van der Waals surface area contributed by atoms with Crippen LogP contribution in [0.1, 0.15) is 22.3 Å². The minimum absolute atomic E-state index is 0.234. The fourth-order valence-electron chi connectivity index (χ4n) is 3.32. The van der Waals surface area contributed by atoms with Gasteiger partial charge in [-0.05, 0) is 77.7 Å². The summed E-state index contributed by atoms with van der Waals surface area (Å²) < 4.78 is 11.6. The van der Waals surface area contributed by atoms with E-state index in [0.29, 0.717) is 32.9 Å². The number of methoxy groups -OCH3 is 1. The summed E-state index contributed by atoms with van der Waals surface area (Å²) in [6.07, 6.45) is 1.35. The van der Waals surface area contributed by atoms with Crippen LogP contribution in [0.5, 0.6) is 11.5 Å². The number of hydrazone groups is 1. The highest BCUT2D eigenvalue weighted by Crippen LogP contribution is 2.36. The van der Waals surface area contributed by atoms with Gasteiger partial charge in [0.2, 0.25) is 0 Å². The lowest BCUT2D eigenvalue weighted by atomic mass is 10.1. The zero-order valence-corrected chi connectivity index (χ0v) is 22.4. The maximum Gasteiger partial charge on any atom is 0.329 e. The number of rotatable bonds is 8. The zero-order valence-electron chi connectivity index (χ0n) is 20.8. The number of para-hydroxylation sites is 1. The van der Waals surface area contributed by atoms with E-state index >= 15 is 0 Å². The highest BCUT2D eigenvalue weighted by molar-refractivity contribution is 9.10. The zero-order chi connectivity index (χ0) is 26.9. The summed E-state index contributed by atoms with van der Waals surface area (Å²) in [6, 6.07) is 16.3. The van der Waals surface area contributed by atoms with Crippen molar-refractivity contribution < 1.29 is 23.9 Å². The van der Waals surface area contributed by atoms with Crippen LogP contribution in [0.25, 0.3) is 0 Å². The number of ether oxygens (including phenoxy) is 2. The highest BCUT2D eigenvalue weighted by Gasteiger charge is 2.16. The number of carbonyl (C=O) groups is 3. The number of nitrogens with one attached hydrogen (secondary N) is 3. The molecule has 3 rings (SSSR count). The molecule has 0 heterocycles. The van der Waals surface area contributed by atoms with Gasteiger partial charge in [-0.2, -0.15) is 5.10 Å². The van der Waals surface area contributed by atoms with E-state index in [-0.39, 0.29) is 12.5 Å². The third-order valence-electron chi connectivity index (χ3n) is 5.24. The number of benzene rings is 3. The summed E-state index contributed by atoms with van der Waals surface area (Å²) >= 11 is 3.41. The second kappa shape index (κ2) is 12.7. The Balaban J connectivity index is 1.59. The third kappa shape index (κ3) is 7.65. The molecule has 3 N–H and O–H groups in total. The third-order valence-corrected chi connectivity index (χ3v) is 5.83. The summed E-state index contributed by atoms with van der Waals surface area (Å²) in [5.41, 5.74) is 6.79. The summed E-state index contributed by atoms with van der Waals surface area (Å²) in [6.45, 7) is 5.41. The van der Waals surface area contributed by atoms with Crippen LogP contribution in [0.15, 0.2) is 64.2 Å². The molecule has 0 atom stereocenters.